The number of ether oxygens (including phenoxy) is 1. The van der Waals surface area contributed by atoms with E-state index in [9.17, 15) is 17.6 Å². The van der Waals surface area contributed by atoms with Gasteiger partial charge >= 0.3 is 6.36 Å². The van der Waals surface area contributed by atoms with Crippen LogP contribution in [0.15, 0.2) is 6.07 Å². The third kappa shape index (κ3) is 2.94. The van der Waals surface area contributed by atoms with E-state index in [1.165, 1.54) is 0 Å². The zero-order valence-electron chi connectivity index (χ0n) is 7.31. The lowest BCUT2D eigenvalue weighted by molar-refractivity contribution is -0.274. The van der Waals surface area contributed by atoms with Crippen molar-refractivity contribution < 1.29 is 22.3 Å². The number of alkyl halides is 3. The summed E-state index contributed by atoms with van der Waals surface area (Å²) in [6, 6.07) is 0.769. The van der Waals surface area contributed by atoms with E-state index in [1.807, 2.05) is 0 Å². The number of hydrogen-bond acceptors (Lipinski definition) is 4. The fourth-order valence-corrected chi connectivity index (χ4v) is 0.874. The largest absolute Gasteiger partial charge is 0.573 e. The van der Waals surface area contributed by atoms with Crippen LogP contribution in [0, 0.1) is 5.95 Å². The van der Waals surface area contributed by atoms with Gasteiger partial charge in [0.15, 0.2) is 11.6 Å². The van der Waals surface area contributed by atoms with Gasteiger partial charge in [0.25, 0.3) is 0 Å². The molecule has 0 bridgehead atoms. The molecule has 0 radical (unpaired) electrons. The summed E-state index contributed by atoms with van der Waals surface area (Å²) in [4.78, 5) is 3.03. The van der Waals surface area contributed by atoms with Crippen LogP contribution in [0.5, 0.6) is 5.75 Å². The number of aromatic nitrogens is 1. The molecule has 0 aliphatic heterocycles. The Kier molecular flexibility index (Phi) is 2.98. The SMILES string of the molecule is NCc1cc(OC(F)(F)F)c(N)nc1F. The highest BCUT2D eigenvalue weighted by molar-refractivity contribution is 5.47. The summed E-state index contributed by atoms with van der Waals surface area (Å²) < 4.78 is 51.9. The zero-order valence-corrected chi connectivity index (χ0v) is 7.31. The molecule has 0 fully saturated rings. The van der Waals surface area contributed by atoms with Crippen LogP contribution in [-0.4, -0.2) is 11.3 Å². The summed E-state index contributed by atoms with van der Waals surface area (Å²) in [5, 5.41) is 0. The molecule has 8 heteroatoms. The third-order valence-electron chi connectivity index (χ3n) is 1.49. The summed E-state index contributed by atoms with van der Waals surface area (Å²) >= 11 is 0. The monoisotopic (exact) mass is 225 g/mol. The second-order valence-corrected chi connectivity index (χ2v) is 2.57. The van der Waals surface area contributed by atoms with Crippen LogP contribution >= 0.6 is 0 Å². The van der Waals surface area contributed by atoms with Crippen molar-refractivity contribution in [2.24, 2.45) is 5.73 Å². The van der Waals surface area contributed by atoms with E-state index >= 15 is 0 Å². The predicted octanol–water partition coefficient (Wildman–Crippen LogP) is 1.16. The summed E-state index contributed by atoms with van der Waals surface area (Å²) in [6.45, 7) is -0.298. The van der Waals surface area contributed by atoms with E-state index in [4.69, 9.17) is 11.5 Å². The molecule has 1 aromatic heterocycles. The van der Waals surface area contributed by atoms with Gasteiger partial charge in [-0.1, -0.05) is 0 Å². The van der Waals surface area contributed by atoms with Crippen molar-refractivity contribution in [2.45, 2.75) is 12.9 Å². The molecule has 0 aromatic carbocycles. The van der Waals surface area contributed by atoms with Gasteiger partial charge in [0.05, 0.1) is 0 Å². The molecule has 0 saturated heterocycles. The molecular formula is C7H7F4N3O. The van der Waals surface area contributed by atoms with Crippen molar-refractivity contribution >= 4 is 5.82 Å². The molecule has 0 unspecified atom stereocenters. The van der Waals surface area contributed by atoms with Crippen LogP contribution < -0.4 is 16.2 Å². The maximum atomic E-state index is 12.9. The molecule has 84 valence electrons. The lowest BCUT2D eigenvalue weighted by Crippen LogP contribution is -2.19. The highest BCUT2D eigenvalue weighted by atomic mass is 19.4. The van der Waals surface area contributed by atoms with Gasteiger partial charge in [-0.25, -0.2) is 0 Å². The fraction of sp³-hybridized carbons (Fsp3) is 0.286. The Morgan fingerprint density at radius 1 is 1.40 bits per heavy atom. The van der Waals surface area contributed by atoms with Gasteiger partial charge in [0.2, 0.25) is 5.95 Å². The third-order valence-corrected chi connectivity index (χ3v) is 1.49. The Bertz CT molecular complexity index is 366. The van der Waals surface area contributed by atoms with E-state index < -0.39 is 23.9 Å². The van der Waals surface area contributed by atoms with E-state index in [-0.39, 0.29) is 12.1 Å². The number of nitrogens with zero attached hydrogens (tertiary/aromatic N) is 1. The van der Waals surface area contributed by atoms with Crippen molar-refractivity contribution in [3.63, 3.8) is 0 Å². The molecular weight excluding hydrogens is 218 g/mol. The molecule has 1 rings (SSSR count). The van der Waals surface area contributed by atoms with Crippen LogP contribution in [0.2, 0.25) is 0 Å². The minimum atomic E-state index is -4.90. The van der Waals surface area contributed by atoms with Crippen molar-refractivity contribution in [2.75, 3.05) is 5.73 Å². The van der Waals surface area contributed by atoms with Gasteiger partial charge in [-0.05, 0) is 6.07 Å². The smallest absolute Gasteiger partial charge is 0.402 e. The minimum absolute atomic E-state index is 0.205. The molecule has 15 heavy (non-hydrogen) atoms. The van der Waals surface area contributed by atoms with Crippen molar-refractivity contribution in [1.29, 1.82) is 0 Å². The van der Waals surface area contributed by atoms with Crippen LogP contribution in [0.1, 0.15) is 5.56 Å². The summed E-state index contributed by atoms with van der Waals surface area (Å²) in [6.07, 6.45) is -4.90. The average Bonchev–Trinajstić information content (AvgIpc) is 2.07. The summed E-state index contributed by atoms with van der Waals surface area (Å²) in [5.74, 6) is -2.45. The fourth-order valence-electron chi connectivity index (χ4n) is 0.874. The lowest BCUT2D eigenvalue weighted by atomic mass is 10.2. The second-order valence-electron chi connectivity index (χ2n) is 2.57. The van der Waals surface area contributed by atoms with Gasteiger partial charge in [-0.15, -0.1) is 13.2 Å². The molecule has 1 heterocycles. The number of rotatable bonds is 2. The highest BCUT2D eigenvalue weighted by Crippen LogP contribution is 2.28. The molecule has 0 amide bonds. The number of nitrogen functional groups attached to an aromatic ring is 1. The normalized spacial score (nSPS) is 11.5. The first-order valence-corrected chi connectivity index (χ1v) is 3.74. The summed E-state index contributed by atoms with van der Waals surface area (Å²) in [5.41, 5.74) is 9.91. The Morgan fingerprint density at radius 3 is 2.47 bits per heavy atom. The number of nitrogens with two attached hydrogens (primary N) is 2. The van der Waals surface area contributed by atoms with Gasteiger partial charge < -0.3 is 16.2 Å². The molecule has 0 atom stereocenters. The number of hydrogen-bond donors (Lipinski definition) is 2. The molecule has 1 aromatic rings. The van der Waals surface area contributed by atoms with Crippen LogP contribution in [0.3, 0.4) is 0 Å². The van der Waals surface area contributed by atoms with E-state index in [0.29, 0.717) is 0 Å². The van der Waals surface area contributed by atoms with Crippen molar-refractivity contribution in [3.05, 3.63) is 17.6 Å². The number of halogens is 4. The standard InChI is InChI=1S/C7H7F4N3O/c8-5-3(2-12)1-4(6(13)14-5)15-7(9,10)11/h1H,2,12H2,(H2,13,14). The first-order valence-electron chi connectivity index (χ1n) is 3.74. The molecule has 0 saturated carbocycles. The molecule has 4 N–H and O–H groups in total. The highest BCUT2D eigenvalue weighted by Gasteiger charge is 2.32. The maximum Gasteiger partial charge on any atom is 0.573 e. The predicted molar refractivity (Wildman–Crippen MR) is 43.2 cm³/mol. The molecule has 0 spiro atoms. The Balaban J connectivity index is 3.08. The maximum absolute atomic E-state index is 12.9. The molecule has 0 aliphatic carbocycles. The topological polar surface area (TPSA) is 74.2 Å². The average molecular weight is 225 g/mol. The Hall–Kier alpha value is -1.57. The Morgan fingerprint density at radius 2 is 2.00 bits per heavy atom. The number of anilines is 1. The first kappa shape index (κ1) is 11.5. The molecule has 4 nitrogen and oxygen atoms in total. The minimum Gasteiger partial charge on any atom is -0.402 e. The van der Waals surface area contributed by atoms with Gasteiger partial charge in [-0.2, -0.15) is 9.37 Å². The van der Waals surface area contributed by atoms with Crippen LogP contribution in [-0.2, 0) is 6.54 Å². The zero-order chi connectivity index (χ0) is 11.6. The lowest BCUT2D eigenvalue weighted by Gasteiger charge is -2.11. The first-order chi connectivity index (χ1) is 6.83. The van der Waals surface area contributed by atoms with Gasteiger partial charge in [-0.3, -0.25) is 0 Å². The molecule has 0 aliphatic rings. The van der Waals surface area contributed by atoms with Crippen LogP contribution in [0.4, 0.5) is 23.4 Å². The van der Waals surface area contributed by atoms with E-state index in [1.54, 1.807) is 0 Å². The van der Waals surface area contributed by atoms with E-state index in [0.717, 1.165) is 6.07 Å². The van der Waals surface area contributed by atoms with Crippen molar-refractivity contribution in [1.82, 2.24) is 4.98 Å². The van der Waals surface area contributed by atoms with Gasteiger partial charge in [0.1, 0.15) is 0 Å². The van der Waals surface area contributed by atoms with Gasteiger partial charge in [0, 0.05) is 12.1 Å². The Labute approximate surface area is 81.8 Å². The van der Waals surface area contributed by atoms with Crippen LogP contribution in [0.25, 0.3) is 0 Å². The quantitative estimate of drug-likeness (QED) is 0.585. The number of pyridine rings is 1. The summed E-state index contributed by atoms with van der Waals surface area (Å²) in [7, 11) is 0. The van der Waals surface area contributed by atoms with E-state index in [2.05, 4.69) is 9.72 Å². The second kappa shape index (κ2) is 3.89. The van der Waals surface area contributed by atoms with Crippen molar-refractivity contribution in [3.8, 4) is 5.75 Å².